The van der Waals surface area contributed by atoms with E-state index in [1.165, 1.54) is 0 Å². The molecule has 0 atom stereocenters. The van der Waals surface area contributed by atoms with Crippen molar-refractivity contribution in [2.24, 2.45) is 0 Å². The molecule has 2 heteroatoms. The van der Waals surface area contributed by atoms with Crippen molar-refractivity contribution < 1.29 is 4.79 Å². The van der Waals surface area contributed by atoms with Crippen LogP contribution in [0.2, 0.25) is 0 Å². The van der Waals surface area contributed by atoms with Gasteiger partial charge in [-0.2, -0.15) is 0 Å². The van der Waals surface area contributed by atoms with E-state index < -0.39 is 0 Å². The van der Waals surface area contributed by atoms with Gasteiger partial charge in [-0.25, -0.2) is 0 Å². The molecule has 86 valence electrons. The highest BCUT2D eigenvalue weighted by Crippen LogP contribution is 2.27. The highest BCUT2D eigenvalue weighted by atomic mass is 16.1. The Morgan fingerprint density at radius 2 is 1.76 bits per heavy atom. The number of anilines is 1. The zero-order valence-electron chi connectivity index (χ0n) is 9.81. The minimum atomic E-state index is 0.703. The number of rotatable bonds is 4. The smallest absolute Gasteiger partial charge is 0.150 e. The molecule has 0 saturated carbocycles. The van der Waals surface area contributed by atoms with E-state index in [9.17, 15) is 4.79 Å². The minimum absolute atomic E-state index is 0.703. The molecular formula is C15H15NO. The van der Waals surface area contributed by atoms with Gasteiger partial charge < -0.3 is 5.32 Å². The second-order valence-electron chi connectivity index (χ2n) is 3.82. The van der Waals surface area contributed by atoms with Crippen molar-refractivity contribution in [1.82, 2.24) is 0 Å². The maximum Gasteiger partial charge on any atom is 0.150 e. The first-order chi connectivity index (χ1) is 8.35. The number of carbonyl (C=O) groups excluding carboxylic acids is 1. The number of aldehydes is 1. The summed E-state index contributed by atoms with van der Waals surface area (Å²) in [5.74, 6) is 0. The van der Waals surface area contributed by atoms with Crippen LogP contribution in [0.1, 0.15) is 17.3 Å². The summed E-state index contributed by atoms with van der Waals surface area (Å²) < 4.78 is 0. The Balaban J connectivity index is 2.40. The van der Waals surface area contributed by atoms with Crippen molar-refractivity contribution in [3.63, 3.8) is 0 Å². The van der Waals surface area contributed by atoms with Crippen molar-refractivity contribution in [2.45, 2.75) is 6.92 Å². The molecule has 0 aliphatic rings. The average molecular weight is 225 g/mol. The van der Waals surface area contributed by atoms with E-state index in [0.717, 1.165) is 29.6 Å². The third-order valence-electron chi connectivity index (χ3n) is 2.65. The van der Waals surface area contributed by atoms with Crippen molar-refractivity contribution in [1.29, 1.82) is 0 Å². The van der Waals surface area contributed by atoms with Crippen molar-refractivity contribution >= 4 is 12.0 Å². The lowest BCUT2D eigenvalue weighted by Crippen LogP contribution is -1.98. The summed E-state index contributed by atoms with van der Waals surface area (Å²) in [6.07, 6.45) is 0.861. The Hall–Kier alpha value is -2.09. The molecule has 17 heavy (non-hydrogen) atoms. The van der Waals surface area contributed by atoms with Crippen LogP contribution in [-0.2, 0) is 0 Å². The van der Waals surface area contributed by atoms with Gasteiger partial charge in [0, 0.05) is 23.4 Å². The predicted octanol–water partition coefficient (Wildman–Crippen LogP) is 3.60. The predicted molar refractivity (Wildman–Crippen MR) is 71.4 cm³/mol. The summed E-state index contributed by atoms with van der Waals surface area (Å²) in [5, 5.41) is 3.33. The fraction of sp³-hybridized carbons (Fsp3) is 0.133. The van der Waals surface area contributed by atoms with Crippen molar-refractivity contribution in [3.05, 3.63) is 54.1 Å². The molecule has 0 fully saturated rings. The maximum absolute atomic E-state index is 10.6. The fourth-order valence-electron chi connectivity index (χ4n) is 1.82. The van der Waals surface area contributed by atoms with Gasteiger partial charge in [-0.15, -0.1) is 0 Å². The first kappa shape index (κ1) is 11.4. The molecule has 0 aromatic heterocycles. The number of hydrogen-bond donors (Lipinski definition) is 1. The molecule has 2 nitrogen and oxygen atoms in total. The summed E-state index contributed by atoms with van der Waals surface area (Å²) in [6.45, 7) is 2.97. The van der Waals surface area contributed by atoms with Crippen LogP contribution in [0.5, 0.6) is 0 Å². The van der Waals surface area contributed by atoms with E-state index in [1.807, 2.05) is 36.4 Å². The van der Waals surface area contributed by atoms with Crippen LogP contribution in [0.3, 0.4) is 0 Å². The molecular weight excluding hydrogens is 210 g/mol. The number of benzene rings is 2. The van der Waals surface area contributed by atoms with E-state index >= 15 is 0 Å². The molecule has 0 radical (unpaired) electrons. The zero-order valence-corrected chi connectivity index (χ0v) is 9.81. The number of nitrogens with one attached hydrogen (secondary N) is 1. The van der Waals surface area contributed by atoms with Crippen LogP contribution in [-0.4, -0.2) is 12.8 Å². The maximum atomic E-state index is 10.6. The van der Waals surface area contributed by atoms with Crippen molar-refractivity contribution in [3.8, 4) is 11.1 Å². The SMILES string of the molecule is CCNc1ccccc1-c1ccc(C=O)cc1. The summed E-state index contributed by atoms with van der Waals surface area (Å²) >= 11 is 0. The molecule has 0 saturated heterocycles. The second-order valence-corrected chi connectivity index (χ2v) is 3.82. The van der Waals surface area contributed by atoms with Gasteiger partial charge in [0.15, 0.2) is 0 Å². The largest absolute Gasteiger partial charge is 0.385 e. The van der Waals surface area contributed by atoms with E-state index in [0.29, 0.717) is 5.56 Å². The molecule has 0 aliphatic carbocycles. The second kappa shape index (κ2) is 5.30. The van der Waals surface area contributed by atoms with Gasteiger partial charge in [0.1, 0.15) is 6.29 Å². The van der Waals surface area contributed by atoms with E-state index in [1.54, 1.807) is 0 Å². The lowest BCUT2D eigenvalue weighted by molar-refractivity contribution is 0.112. The number of para-hydroxylation sites is 1. The van der Waals surface area contributed by atoms with E-state index in [2.05, 4.69) is 24.4 Å². The lowest BCUT2D eigenvalue weighted by atomic mass is 10.0. The molecule has 0 heterocycles. The molecule has 2 aromatic rings. The van der Waals surface area contributed by atoms with E-state index in [4.69, 9.17) is 0 Å². The van der Waals surface area contributed by atoms with Gasteiger partial charge in [0.05, 0.1) is 0 Å². The normalized spacial score (nSPS) is 9.94. The van der Waals surface area contributed by atoms with Crippen LogP contribution < -0.4 is 5.32 Å². The fourth-order valence-corrected chi connectivity index (χ4v) is 1.82. The Morgan fingerprint density at radius 1 is 1.06 bits per heavy atom. The van der Waals surface area contributed by atoms with Gasteiger partial charge in [-0.1, -0.05) is 42.5 Å². The molecule has 0 aliphatic heterocycles. The minimum Gasteiger partial charge on any atom is -0.385 e. The summed E-state index contributed by atoms with van der Waals surface area (Å²) in [5.41, 5.74) is 4.10. The first-order valence-electron chi connectivity index (χ1n) is 5.73. The lowest BCUT2D eigenvalue weighted by Gasteiger charge is -2.10. The Kier molecular flexibility index (Phi) is 3.55. The summed E-state index contributed by atoms with van der Waals surface area (Å²) in [4.78, 5) is 10.6. The summed E-state index contributed by atoms with van der Waals surface area (Å²) in [7, 11) is 0. The van der Waals surface area contributed by atoms with Crippen molar-refractivity contribution in [2.75, 3.05) is 11.9 Å². The zero-order chi connectivity index (χ0) is 12.1. The molecule has 1 N–H and O–H groups in total. The highest BCUT2D eigenvalue weighted by molar-refractivity contribution is 5.81. The number of hydrogen-bond acceptors (Lipinski definition) is 2. The molecule has 2 rings (SSSR count). The van der Waals surface area contributed by atoms with Gasteiger partial charge in [0.25, 0.3) is 0 Å². The standard InChI is InChI=1S/C15H15NO/c1-2-16-15-6-4-3-5-14(15)13-9-7-12(11-17)8-10-13/h3-11,16H,2H2,1H3. The third kappa shape index (κ3) is 2.53. The highest BCUT2D eigenvalue weighted by Gasteiger charge is 2.03. The van der Waals surface area contributed by atoms with E-state index in [-0.39, 0.29) is 0 Å². The number of carbonyl (C=O) groups is 1. The average Bonchev–Trinajstić information content (AvgIpc) is 2.40. The molecule has 0 spiro atoms. The topological polar surface area (TPSA) is 29.1 Å². The Bertz CT molecular complexity index is 503. The Morgan fingerprint density at radius 3 is 2.41 bits per heavy atom. The van der Waals surface area contributed by atoms with Gasteiger partial charge >= 0.3 is 0 Å². The van der Waals surface area contributed by atoms with Gasteiger partial charge in [-0.3, -0.25) is 4.79 Å². The Labute approximate surface area is 101 Å². The summed E-state index contributed by atoms with van der Waals surface area (Å²) in [6, 6.07) is 15.8. The molecule has 0 bridgehead atoms. The van der Waals surface area contributed by atoms with Crippen LogP contribution in [0.4, 0.5) is 5.69 Å². The van der Waals surface area contributed by atoms with Gasteiger partial charge in [0.2, 0.25) is 0 Å². The monoisotopic (exact) mass is 225 g/mol. The quantitative estimate of drug-likeness (QED) is 0.805. The molecule has 0 amide bonds. The van der Waals surface area contributed by atoms with Gasteiger partial charge in [-0.05, 0) is 18.6 Å². The first-order valence-corrected chi connectivity index (χ1v) is 5.73. The molecule has 2 aromatic carbocycles. The van der Waals surface area contributed by atoms with Crippen LogP contribution in [0.15, 0.2) is 48.5 Å². The van der Waals surface area contributed by atoms with Crippen LogP contribution in [0.25, 0.3) is 11.1 Å². The van der Waals surface area contributed by atoms with Crippen LogP contribution >= 0.6 is 0 Å². The van der Waals surface area contributed by atoms with Crippen LogP contribution in [0, 0.1) is 0 Å². The third-order valence-corrected chi connectivity index (χ3v) is 2.65. The molecule has 0 unspecified atom stereocenters.